The van der Waals surface area contributed by atoms with Crippen molar-refractivity contribution in [3.8, 4) is 0 Å². The zero-order chi connectivity index (χ0) is 14.7. The Hall–Kier alpha value is -1.13. The van der Waals surface area contributed by atoms with Crippen LogP contribution in [0.5, 0.6) is 0 Å². The van der Waals surface area contributed by atoms with E-state index in [-0.39, 0.29) is 0 Å². The molecule has 0 spiro atoms. The molecule has 0 saturated heterocycles. The molecule has 0 radical (unpaired) electrons. The smallest absolute Gasteiger partial charge is 0.0522 e. The molecule has 0 amide bonds. The van der Waals surface area contributed by atoms with Gasteiger partial charge in [-0.1, -0.05) is 6.42 Å². The Balaban J connectivity index is 1.76. The molecule has 3 nitrogen and oxygen atoms in total. The molecule has 1 unspecified atom stereocenters. The van der Waals surface area contributed by atoms with Crippen LogP contribution in [0.25, 0.3) is 0 Å². The Morgan fingerprint density at radius 3 is 2.95 bits per heavy atom. The SMILES string of the molecule is CCn1cc(CC(NC)c2cc3c(s2)CCCCC3)cn1. The maximum atomic E-state index is 4.39. The fraction of sp³-hybridized carbons (Fsp3) is 0.588. The topological polar surface area (TPSA) is 29.9 Å². The van der Waals surface area contributed by atoms with Gasteiger partial charge in [0, 0.05) is 28.5 Å². The fourth-order valence-electron chi connectivity index (χ4n) is 3.13. The standard InChI is InChI=1S/C17H25N3S/c1-3-20-12-13(11-19-20)9-15(18-2)17-10-14-7-5-4-6-8-16(14)21-17/h10-12,15,18H,3-9H2,1-2H3. The number of fused-ring (bicyclic) bond motifs is 1. The third-order valence-corrected chi connectivity index (χ3v) is 5.76. The summed E-state index contributed by atoms with van der Waals surface area (Å²) < 4.78 is 2.01. The van der Waals surface area contributed by atoms with Crippen LogP contribution >= 0.6 is 11.3 Å². The van der Waals surface area contributed by atoms with Crippen LogP contribution in [0.4, 0.5) is 0 Å². The Morgan fingerprint density at radius 2 is 2.19 bits per heavy atom. The lowest BCUT2D eigenvalue weighted by atomic mass is 10.1. The van der Waals surface area contributed by atoms with E-state index in [1.54, 1.807) is 10.4 Å². The Bertz CT molecular complexity index is 561. The first kappa shape index (κ1) is 14.8. The van der Waals surface area contributed by atoms with Gasteiger partial charge in [-0.05, 0) is 63.3 Å². The summed E-state index contributed by atoms with van der Waals surface area (Å²) in [6.07, 6.45) is 11.9. The van der Waals surface area contributed by atoms with Gasteiger partial charge in [0.1, 0.15) is 0 Å². The summed E-state index contributed by atoms with van der Waals surface area (Å²) in [5.74, 6) is 0. The number of aromatic nitrogens is 2. The van der Waals surface area contributed by atoms with Crippen molar-refractivity contribution in [2.45, 2.75) is 58.0 Å². The highest BCUT2D eigenvalue weighted by molar-refractivity contribution is 7.12. The lowest BCUT2D eigenvalue weighted by molar-refractivity contribution is 0.600. The van der Waals surface area contributed by atoms with Crippen molar-refractivity contribution in [3.05, 3.63) is 39.3 Å². The number of likely N-dealkylation sites (N-methyl/N-ethyl adjacent to an activating group) is 1. The van der Waals surface area contributed by atoms with Gasteiger partial charge in [0.05, 0.1) is 6.20 Å². The maximum Gasteiger partial charge on any atom is 0.0522 e. The number of rotatable bonds is 5. The number of hydrogen-bond donors (Lipinski definition) is 1. The predicted octanol–water partition coefficient (Wildman–Crippen LogP) is 3.74. The van der Waals surface area contributed by atoms with Gasteiger partial charge in [-0.15, -0.1) is 11.3 Å². The molecule has 1 aliphatic rings. The lowest BCUT2D eigenvalue weighted by Gasteiger charge is -2.13. The first-order valence-corrected chi connectivity index (χ1v) is 8.92. The lowest BCUT2D eigenvalue weighted by Crippen LogP contribution is -2.17. The molecule has 0 saturated carbocycles. The van der Waals surface area contributed by atoms with Crippen molar-refractivity contribution < 1.29 is 0 Å². The van der Waals surface area contributed by atoms with E-state index in [0.717, 1.165) is 13.0 Å². The molecule has 114 valence electrons. The highest BCUT2D eigenvalue weighted by Crippen LogP contribution is 2.33. The van der Waals surface area contributed by atoms with Crippen molar-refractivity contribution in [2.24, 2.45) is 0 Å². The number of thiophene rings is 1. The molecule has 2 heterocycles. The van der Waals surface area contributed by atoms with Crippen molar-refractivity contribution in [2.75, 3.05) is 7.05 Å². The summed E-state index contributed by atoms with van der Waals surface area (Å²) in [6, 6.07) is 2.87. The van der Waals surface area contributed by atoms with Crippen LogP contribution in [0.1, 0.15) is 53.1 Å². The molecule has 1 atom stereocenters. The minimum atomic E-state index is 0.413. The van der Waals surface area contributed by atoms with E-state index in [2.05, 4.69) is 36.7 Å². The average Bonchev–Trinajstić information content (AvgIpc) is 3.06. The third kappa shape index (κ3) is 3.38. The Kier molecular flexibility index (Phi) is 4.76. The Morgan fingerprint density at radius 1 is 1.33 bits per heavy atom. The maximum absolute atomic E-state index is 4.39. The van der Waals surface area contributed by atoms with Crippen molar-refractivity contribution in [1.82, 2.24) is 15.1 Å². The van der Waals surface area contributed by atoms with E-state index in [4.69, 9.17) is 0 Å². The molecular formula is C17H25N3S. The quantitative estimate of drug-likeness (QED) is 0.853. The molecule has 1 N–H and O–H groups in total. The summed E-state index contributed by atoms with van der Waals surface area (Å²) in [4.78, 5) is 3.13. The van der Waals surface area contributed by atoms with E-state index in [1.807, 2.05) is 22.2 Å². The van der Waals surface area contributed by atoms with Gasteiger partial charge >= 0.3 is 0 Å². The van der Waals surface area contributed by atoms with Crippen molar-refractivity contribution in [1.29, 1.82) is 0 Å². The molecule has 1 aliphatic carbocycles. The summed E-state index contributed by atoms with van der Waals surface area (Å²) in [6.45, 7) is 3.07. The molecule has 4 heteroatoms. The van der Waals surface area contributed by atoms with Gasteiger partial charge in [-0.3, -0.25) is 4.68 Å². The van der Waals surface area contributed by atoms with Gasteiger partial charge in [-0.25, -0.2) is 0 Å². The largest absolute Gasteiger partial charge is 0.312 e. The summed E-state index contributed by atoms with van der Waals surface area (Å²) in [7, 11) is 2.07. The highest BCUT2D eigenvalue weighted by atomic mass is 32.1. The van der Waals surface area contributed by atoms with Crippen molar-refractivity contribution in [3.63, 3.8) is 0 Å². The summed E-state index contributed by atoms with van der Waals surface area (Å²) in [5, 5.41) is 7.88. The first-order chi connectivity index (χ1) is 10.3. The van der Waals surface area contributed by atoms with E-state index >= 15 is 0 Å². The number of hydrogen-bond acceptors (Lipinski definition) is 3. The van der Waals surface area contributed by atoms with Crippen LogP contribution < -0.4 is 5.32 Å². The second-order valence-corrected chi connectivity index (χ2v) is 7.08. The number of nitrogens with one attached hydrogen (secondary N) is 1. The molecule has 2 aromatic heterocycles. The van der Waals surface area contributed by atoms with Gasteiger partial charge in [-0.2, -0.15) is 5.10 Å². The van der Waals surface area contributed by atoms with Crippen LogP contribution in [-0.2, 0) is 25.8 Å². The summed E-state index contributed by atoms with van der Waals surface area (Å²) >= 11 is 2.02. The molecular weight excluding hydrogens is 278 g/mol. The molecule has 0 aliphatic heterocycles. The molecule has 0 fully saturated rings. The van der Waals surface area contributed by atoms with Crippen LogP contribution in [0.2, 0.25) is 0 Å². The molecule has 21 heavy (non-hydrogen) atoms. The molecule has 0 aromatic carbocycles. The summed E-state index contributed by atoms with van der Waals surface area (Å²) in [5.41, 5.74) is 2.93. The highest BCUT2D eigenvalue weighted by Gasteiger charge is 2.18. The van der Waals surface area contributed by atoms with Crippen LogP contribution in [0.3, 0.4) is 0 Å². The van der Waals surface area contributed by atoms with Crippen LogP contribution in [0, 0.1) is 0 Å². The monoisotopic (exact) mass is 303 g/mol. The van der Waals surface area contributed by atoms with E-state index in [9.17, 15) is 0 Å². The fourth-order valence-corrected chi connectivity index (χ4v) is 4.50. The third-order valence-electron chi connectivity index (χ3n) is 4.41. The minimum absolute atomic E-state index is 0.413. The van der Waals surface area contributed by atoms with Gasteiger partial charge in [0.25, 0.3) is 0 Å². The van der Waals surface area contributed by atoms with E-state index < -0.39 is 0 Å². The minimum Gasteiger partial charge on any atom is -0.312 e. The Labute approximate surface area is 131 Å². The van der Waals surface area contributed by atoms with Crippen LogP contribution in [0.15, 0.2) is 18.5 Å². The van der Waals surface area contributed by atoms with Gasteiger partial charge < -0.3 is 5.32 Å². The number of aryl methyl sites for hydroxylation is 3. The van der Waals surface area contributed by atoms with Gasteiger partial charge in [0.15, 0.2) is 0 Å². The van der Waals surface area contributed by atoms with E-state index in [0.29, 0.717) is 6.04 Å². The molecule has 3 rings (SSSR count). The zero-order valence-electron chi connectivity index (χ0n) is 13.1. The van der Waals surface area contributed by atoms with E-state index in [1.165, 1.54) is 42.5 Å². The normalized spacial score (nSPS) is 16.5. The first-order valence-electron chi connectivity index (χ1n) is 8.10. The molecule has 2 aromatic rings. The van der Waals surface area contributed by atoms with Crippen LogP contribution in [-0.4, -0.2) is 16.8 Å². The second kappa shape index (κ2) is 6.75. The average molecular weight is 303 g/mol. The van der Waals surface area contributed by atoms with Crippen molar-refractivity contribution >= 4 is 11.3 Å². The molecule has 0 bridgehead atoms. The number of nitrogens with zero attached hydrogens (tertiary/aromatic N) is 2. The van der Waals surface area contributed by atoms with Gasteiger partial charge in [0.2, 0.25) is 0 Å². The second-order valence-electron chi connectivity index (χ2n) is 5.91. The zero-order valence-corrected chi connectivity index (χ0v) is 13.9. The predicted molar refractivity (Wildman–Crippen MR) is 89.0 cm³/mol.